The van der Waals surface area contributed by atoms with Crippen molar-refractivity contribution in [3.63, 3.8) is 0 Å². The molecule has 3 rings (SSSR count). The van der Waals surface area contributed by atoms with Gasteiger partial charge in [-0.25, -0.2) is 17.6 Å². The zero-order valence-corrected chi connectivity index (χ0v) is 8.82. The summed E-state index contributed by atoms with van der Waals surface area (Å²) in [5, 5.41) is 0.897. The highest BCUT2D eigenvalue weighted by Gasteiger charge is 2.14. The van der Waals surface area contributed by atoms with Crippen LogP contribution in [0.3, 0.4) is 0 Å². The van der Waals surface area contributed by atoms with Crippen molar-refractivity contribution in [2.45, 2.75) is 0 Å². The van der Waals surface area contributed by atoms with E-state index in [-0.39, 0.29) is 10.8 Å². The number of fused-ring (bicyclic) bond motifs is 2. The Morgan fingerprint density at radius 1 is 0.833 bits per heavy atom. The van der Waals surface area contributed by atoms with Gasteiger partial charge in [0.2, 0.25) is 0 Å². The standard InChI is InChI=1S/C14H4F4/c15-10-2-1-7-5-11-9(3-8(7)4-10)6-12(16)14(18)13(11)17/h1,3-5H. The zero-order valence-electron chi connectivity index (χ0n) is 8.82. The maximum atomic E-state index is 13.5. The average Bonchev–Trinajstić information content (AvgIpc) is 2.34. The molecule has 0 N–H and O–H groups in total. The fourth-order valence-electron chi connectivity index (χ4n) is 1.88. The van der Waals surface area contributed by atoms with E-state index in [9.17, 15) is 17.6 Å². The third kappa shape index (κ3) is 1.53. The molecular weight excluding hydrogens is 244 g/mol. The molecule has 0 saturated carbocycles. The monoisotopic (exact) mass is 248 g/mol. The number of hydrogen-bond acceptors (Lipinski definition) is 0. The van der Waals surface area contributed by atoms with Gasteiger partial charge in [0.25, 0.3) is 0 Å². The van der Waals surface area contributed by atoms with Crippen molar-refractivity contribution in [3.8, 4) is 0 Å². The highest BCUT2D eigenvalue weighted by atomic mass is 19.2. The first-order chi connectivity index (χ1) is 8.56. The second kappa shape index (κ2) is 3.70. The van der Waals surface area contributed by atoms with Crippen molar-refractivity contribution < 1.29 is 17.6 Å². The zero-order chi connectivity index (χ0) is 12.9. The molecule has 0 unspecified atom stereocenters. The minimum atomic E-state index is -1.56. The third-order valence-electron chi connectivity index (χ3n) is 2.74. The number of benzene rings is 3. The van der Waals surface area contributed by atoms with Crippen LogP contribution in [0.2, 0.25) is 0 Å². The quantitative estimate of drug-likeness (QED) is 0.318. The second-order valence-corrected chi connectivity index (χ2v) is 3.87. The van der Waals surface area contributed by atoms with Crippen molar-refractivity contribution in [3.05, 3.63) is 59.7 Å². The molecule has 3 aromatic carbocycles. The van der Waals surface area contributed by atoms with Crippen molar-refractivity contribution >= 4 is 21.5 Å². The van der Waals surface area contributed by atoms with Crippen LogP contribution in [-0.2, 0) is 0 Å². The average molecular weight is 248 g/mol. The predicted octanol–water partition coefficient (Wildman–Crippen LogP) is 4.15. The molecule has 2 radical (unpaired) electrons. The van der Waals surface area contributed by atoms with E-state index in [0.717, 1.165) is 0 Å². The molecule has 18 heavy (non-hydrogen) atoms. The smallest absolute Gasteiger partial charge is 0.195 e. The van der Waals surface area contributed by atoms with E-state index in [0.29, 0.717) is 10.8 Å². The molecule has 0 spiro atoms. The fraction of sp³-hybridized carbons (Fsp3) is 0. The fourth-order valence-corrected chi connectivity index (χ4v) is 1.88. The molecule has 0 nitrogen and oxygen atoms in total. The summed E-state index contributed by atoms with van der Waals surface area (Å²) in [5.74, 6) is -4.80. The summed E-state index contributed by atoms with van der Waals surface area (Å²) >= 11 is 0. The Morgan fingerprint density at radius 3 is 2.39 bits per heavy atom. The van der Waals surface area contributed by atoms with Gasteiger partial charge in [0, 0.05) is 17.5 Å². The second-order valence-electron chi connectivity index (χ2n) is 3.87. The molecule has 0 amide bonds. The molecule has 0 fully saturated rings. The van der Waals surface area contributed by atoms with Gasteiger partial charge >= 0.3 is 0 Å². The van der Waals surface area contributed by atoms with Crippen LogP contribution < -0.4 is 0 Å². The van der Waals surface area contributed by atoms with E-state index < -0.39 is 23.3 Å². The molecule has 0 aliphatic rings. The lowest BCUT2D eigenvalue weighted by Gasteiger charge is -2.04. The maximum absolute atomic E-state index is 13.5. The highest BCUT2D eigenvalue weighted by Crippen LogP contribution is 2.27. The Kier molecular flexibility index (Phi) is 2.26. The number of halogens is 4. The summed E-state index contributed by atoms with van der Waals surface area (Å²) in [6.45, 7) is 0. The van der Waals surface area contributed by atoms with Gasteiger partial charge < -0.3 is 0 Å². The van der Waals surface area contributed by atoms with Crippen LogP contribution in [0.15, 0.2) is 24.3 Å². The molecule has 0 aromatic heterocycles. The highest BCUT2D eigenvalue weighted by molar-refractivity contribution is 5.98. The summed E-state index contributed by atoms with van der Waals surface area (Å²) in [4.78, 5) is 0. The van der Waals surface area contributed by atoms with Gasteiger partial charge in [0.15, 0.2) is 17.5 Å². The van der Waals surface area contributed by atoms with E-state index in [1.54, 1.807) is 0 Å². The Labute approximate surface area is 99.5 Å². The summed E-state index contributed by atoms with van der Waals surface area (Å²) in [5.41, 5.74) is 0. The van der Waals surface area contributed by atoms with E-state index in [1.807, 2.05) is 0 Å². The van der Waals surface area contributed by atoms with Gasteiger partial charge in [-0.15, -0.1) is 0 Å². The van der Waals surface area contributed by atoms with Crippen LogP contribution >= 0.6 is 0 Å². The SMILES string of the molecule is Fc1[c]cc2cc3c(F)c(F)c(F)[c]c3cc2c1. The maximum Gasteiger partial charge on any atom is 0.195 e. The van der Waals surface area contributed by atoms with Gasteiger partial charge in [-0.3, -0.25) is 0 Å². The number of hydrogen-bond donors (Lipinski definition) is 0. The first-order valence-corrected chi connectivity index (χ1v) is 5.07. The molecule has 0 heterocycles. The topological polar surface area (TPSA) is 0 Å². The number of rotatable bonds is 0. The molecule has 88 valence electrons. The normalized spacial score (nSPS) is 11.3. The summed E-state index contributed by atoms with van der Waals surface area (Å²) in [6, 6.07) is 9.59. The van der Waals surface area contributed by atoms with E-state index >= 15 is 0 Å². The van der Waals surface area contributed by atoms with Crippen LogP contribution in [0.4, 0.5) is 17.6 Å². The van der Waals surface area contributed by atoms with E-state index in [4.69, 9.17) is 0 Å². The van der Waals surface area contributed by atoms with Crippen molar-refractivity contribution in [1.82, 2.24) is 0 Å². The van der Waals surface area contributed by atoms with E-state index in [2.05, 4.69) is 12.1 Å². The summed E-state index contributed by atoms with van der Waals surface area (Å²) in [6.07, 6.45) is 0. The lowest BCUT2D eigenvalue weighted by molar-refractivity contribution is 0.452. The predicted molar refractivity (Wildman–Crippen MR) is 59.0 cm³/mol. The van der Waals surface area contributed by atoms with E-state index in [1.165, 1.54) is 24.3 Å². The van der Waals surface area contributed by atoms with Crippen LogP contribution in [0.5, 0.6) is 0 Å². The largest absolute Gasteiger partial charge is 0.206 e. The van der Waals surface area contributed by atoms with Crippen molar-refractivity contribution in [2.75, 3.05) is 0 Å². The lowest BCUT2D eigenvalue weighted by Crippen LogP contribution is -1.93. The first kappa shape index (κ1) is 11.0. The van der Waals surface area contributed by atoms with Gasteiger partial charge in [0.1, 0.15) is 5.82 Å². The van der Waals surface area contributed by atoms with Crippen molar-refractivity contribution in [1.29, 1.82) is 0 Å². The van der Waals surface area contributed by atoms with Gasteiger partial charge in [-0.1, -0.05) is 0 Å². The molecule has 3 aromatic rings. The lowest BCUT2D eigenvalue weighted by atomic mass is 10.0. The summed E-state index contributed by atoms with van der Waals surface area (Å²) < 4.78 is 52.6. The van der Waals surface area contributed by atoms with Crippen molar-refractivity contribution in [2.24, 2.45) is 0 Å². The Hall–Kier alpha value is -2.10. The molecule has 0 aliphatic heterocycles. The Morgan fingerprint density at radius 2 is 1.61 bits per heavy atom. The Balaban J connectivity index is 2.49. The molecule has 0 atom stereocenters. The van der Waals surface area contributed by atoms with Crippen LogP contribution in [0.25, 0.3) is 21.5 Å². The molecule has 4 heteroatoms. The van der Waals surface area contributed by atoms with Crippen LogP contribution in [0.1, 0.15) is 0 Å². The Bertz CT molecular complexity index is 778. The molecule has 0 aliphatic carbocycles. The minimum Gasteiger partial charge on any atom is -0.206 e. The molecule has 0 saturated heterocycles. The third-order valence-corrected chi connectivity index (χ3v) is 2.74. The van der Waals surface area contributed by atoms with Crippen LogP contribution in [0, 0.1) is 35.4 Å². The van der Waals surface area contributed by atoms with Crippen LogP contribution in [-0.4, -0.2) is 0 Å². The van der Waals surface area contributed by atoms with Gasteiger partial charge in [-0.05, 0) is 40.4 Å². The minimum absolute atomic E-state index is 0.0597. The first-order valence-electron chi connectivity index (χ1n) is 5.07. The van der Waals surface area contributed by atoms with Gasteiger partial charge in [0.05, 0.1) is 0 Å². The molecular formula is C14H4F4. The van der Waals surface area contributed by atoms with Gasteiger partial charge in [-0.2, -0.15) is 0 Å². The summed E-state index contributed by atoms with van der Waals surface area (Å²) in [7, 11) is 0. The molecule has 0 bridgehead atoms.